The fourth-order valence-electron chi connectivity index (χ4n) is 3.13. The zero-order chi connectivity index (χ0) is 18.1. The molecule has 0 spiro atoms. The number of guanidine groups is 1. The molecule has 6 heteroatoms. The largest absolute Gasteiger partial charge is 0.504 e. The first-order valence-electron chi connectivity index (χ1n) is 9.29. The van der Waals surface area contributed by atoms with Crippen molar-refractivity contribution in [3.8, 4) is 11.5 Å². The minimum atomic E-state index is 0.149. The lowest BCUT2D eigenvalue weighted by atomic mass is 10.1. The van der Waals surface area contributed by atoms with Crippen LogP contribution in [0.2, 0.25) is 0 Å². The number of hydrogen-bond acceptors (Lipinski definition) is 4. The summed E-state index contributed by atoms with van der Waals surface area (Å²) >= 11 is 0. The summed E-state index contributed by atoms with van der Waals surface area (Å²) in [6, 6.07) is 5.86. The highest BCUT2D eigenvalue weighted by molar-refractivity contribution is 5.80. The van der Waals surface area contributed by atoms with Gasteiger partial charge in [-0.2, -0.15) is 0 Å². The molecule has 0 amide bonds. The molecule has 6 nitrogen and oxygen atoms in total. The fraction of sp³-hybridized carbons (Fsp3) is 0.632. The average Bonchev–Trinajstić information content (AvgIpc) is 2.62. The third-order valence-corrected chi connectivity index (χ3v) is 4.48. The molecule has 25 heavy (non-hydrogen) atoms. The molecule has 1 aliphatic heterocycles. The van der Waals surface area contributed by atoms with Crippen molar-refractivity contribution >= 4 is 5.96 Å². The first-order valence-corrected chi connectivity index (χ1v) is 9.29. The zero-order valence-electron chi connectivity index (χ0n) is 15.7. The Kier molecular flexibility index (Phi) is 7.85. The number of phenols is 1. The normalized spacial score (nSPS) is 16.7. The third-order valence-electron chi connectivity index (χ3n) is 4.48. The fourth-order valence-corrected chi connectivity index (χ4v) is 3.13. The highest BCUT2D eigenvalue weighted by Gasteiger charge is 2.19. The number of nitrogens with one attached hydrogen (secondary N) is 2. The van der Waals surface area contributed by atoms with Gasteiger partial charge >= 0.3 is 0 Å². The Hall–Kier alpha value is -1.95. The smallest absolute Gasteiger partial charge is 0.191 e. The van der Waals surface area contributed by atoms with Crippen molar-refractivity contribution < 1.29 is 9.84 Å². The predicted molar refractivity (Wildman–Crippen MR) is 102 cm³/mol. The second kappa shape index (κ2) is 10.1. The molecule has 1 heterocycles. The van der Waals surface area contributed by atoms with Crippen molar-refractivity contribution in [3.63, 3.8) is 0 Å². The SMILES string of the molecule is CCCN1CCC(NC(=NCc2ccc(OC)c(O)c2)NCC)CC1. The number of phenolic OH excluding ortho intramolecular Hbond substituents is 1. The first-order chi connectivity index (χ1) is 12.2. The molecule has 0 atom stereocenters. The van der Waals surface area contributed by atoms with E-state index in [9.17, 15) is 5.11 Å². The maximum Gasteiger partial charge on any atom is 0.191 e. The molecule has 1 aromatic rings. The Bertz CT molecular complexity index is 554. The molecule has 0 aromatic heterocycles. The van der Waals surface area contributed by atoms with Crippen LogP contribution < -0.4 is 15.4 Å². The van der Waals surface area contributed by atoms with E-state index in [4.69, 9.17) is 4.74 Å². The quantitative estimate of drug-likeness (QED) is 0.521. The molecular formula is C19H32N4O2. The average molecular weight is 348 g/mol. The number of methoxy groups -OCH3 is 1. The van der Waals surface area contributed by atoms with E-state index in [0.717, 1.165) is 44.0 Å². The molecule has 3 N–H and O–H groups in total. The summed E-state index contributed by atoms with van der Waals surface area (Å²) in [6.45, 7) is 9.14. The van der Waals surface area contributed by atoms with E-state index < -0.39 is 0 Å². The molecule has 0 unspecified atom stereocenters. The van der Waals surface area contributed by atoms with Crippen LogP contribution in [0.1, 0.15) is 38.7 Å². The molecule has 1 aliphatic rings. The number of likely N-dealkylation sites (tertiary alicyclic amines) is 1. The van der Waals surface area contributed by atoms with E-state index in [1.165, 1.54) is 13.0 Å². The van der Waals surface area contributed by atoms with Crippen molar-refractivity contribution in [3.05, 3.63) is 23.8 Å². The van der Waals surface area contributed by atoms with Crippen LogP contribution in [0.15, 0.2) is 23.2 Å². The first kappa shape index (κ1) is 19.4. The molecule has 2 rings (SSSR count). The van der Waals surface area contributed by atoms with Crippen LogP contribution in [-0.4, -0.2) is 55.3 Å². The van der Waals surface area contributed by atoms with Crippen LogP contribution in [0, 0.1) is 0 Å². The maximum atomic E-state index is 9.88. The Morgan fingerprint density at radius 2 is 2.08 bits per heavy atom. The van der Waals surface area contributed by atoms with E-state index in [0.29, 0.717) is 18.3 Å². The molecular weight excluding hydrogens is 316 g/mol. The van der Waals surface area contributed by atoms with Crippen molar-refractivity contribution in [2.45, 2.75) is 45.7 Å². The van der Waals surface area contributed by atoms with Gasteiger partial charge in [0.25, 0.3) is 0 Å². The van der Waals surface area contributed by atoms with Gasteiger partial charge in [-0.3, -0.25) is 0 Å². The highest BCUT2D eigenvalue weighted by atomic mass is 16.5. The molecule has 140 valence electrons. The Labute approximate surface area is 151 Å². The van der Waals surface area contributed by atoms with Gasteiger partial charge in [0.1, 0.15) is 0 Å². The van der Waals surface area contributed by atoms with Gasteiger partial charge in [0.2, 0.25) is 0 Å². The topological polar surface area (TPSA) is 69.1 Å². The summed E-state index contributed by atoms with van der Waals surface area (Å²) in [4.78, 5) is 7.19. The third kappa shape index (κ3) is 6.12. The Morgan fingerprint density at radius 1 is 1.32 bits per heavy atom. The highest BCUT2D eigenvalue weighted by Crippen LogP contribution is 2.26. The number of benzene rings is 1. The summed E-state index contributed by atoms with van der Waals surface area (Å²) < 4.78 is 5.08. The standard InChI is InChI=1S/C19H32N4O2/c1-4-10-23-11-8-16(9-12-23)22-19(20-5-2)21-14-15-6-7-18(25-3)17(24)13-15/h6-7,13,16,24H,4-5,8-12,14H2,1-3H3,(H2,20,21,22). The van der Waals surface area contributed by atoms with Gasteiger partial charge in [-0.15, -0.1) is 0 Å². The van der Waals surface area contributed by atoms with Gasteiger partial charge < -0.3 is 25.4 Å². The van der Waals surface area contributed by atoms with Crippen LogP contribution in [0.3, 0.4) is 0 Å². The lowest BCUT2D eigenvalue weighted by molar-refractivity contribution is 0.206. The summed E-state index contributed by atoms with van der Waals surface area (Å²) in [6.07, 6.45) is 3.51. The number of nitrogens with zero attached hydrogens (tertiary/aromatic N) is 2. The number of aromatic hydroxyl groups is 1. The van der Waals surface area contributed by atoms with Crippen molar-refractivity contribution in [1.29, 1.82) is 0 Å². The molecule has 1 saturated heterocycles. The Balaban J connectivity index is 1.91. The number of ether oxygens (including phenoxy) is 1. The van der Waals surface area contributed by atoms with Gasteiger partial charge in [-0.25, -0.2) is 4.99 Å². The van der Waals surface area contributed by atoms with E-state index >= 15 is 0 Å². The summed E-state index contributed by atoms with van der Waals surface area (Å²) in [5.41, 5.74) is 0.952. The maximum absolute atomic E-state index is 9.88. The lowest BCUT2D eigenvalue weighted by Crippen LogP contribution is -2.48. The summed E-state index contributed by atoms with van der Waals surface area (Å²) in [7, 11) is 1.55. The second-order valence-corrected chi connectivity index (χ2v) is 6.46. The summed E-state index contributed by atoms with van der Waals surface area (Å²) in [5, 5.41) is 16.7. The van der Waals surface area contributed by atoms with Crippen molar-refractivity contribution in [2.24, 2.45) is 4.99 Å². The monoisotopic (exact) mass is 348 g/mol. The van der Waals surface area contributed by atoms with Crippen molar-refractivity contribution in [2.75, 3.05) is 33.3 Å². The van der Waals surface area contributed by atoms with Crippen molar-refractivity contribution in [1.82, 2.24) is 15.5 Å². The van der Waals surface area contributed by atoms with Gasteiger partial charge in [0.15, 0.2) is 17.5 Å². The number of rotatable bonds is 7. The molecule has 0 bridgehead atoms. The lowest BCUT2D eigenvalue weighted by Gasteiger charge is -2.32. The van der Waals surface area contributed by atoms with Crippen LogP contribution in [0.4, 0.5) is 0 Å². The van der Waals surface area contributed by atoms with E-state index in [1.807, 2.05) is 6.07 Å². The van der Waals surface area contributed by atoms with Crippen LogP contribution >= 0.6 is 0 Å². The number of piperidine rings is 1. The Morgan fingerprint density at radius 3 is 2.68 bits per heavy atom. The molecule has 1 aromatic carbocycles. The minimum Gasteiger partial charge on any atom is -0.504 e. The molecule has 0 aliphatic carbocycles. The molecule has 0 radical (unpaired) electrons. The second-order valence-electron chi connectivity index (χ2n) is 6.46. The molecule has 0 saturated carbocycles. The van der Waals surface area contributed by atoms with E-state index in [-0.39, 0.29) is 5.75 Å². The van der Waals surface area contributed by atoms with E-state index in [2.05, 4.69) is 34.4 Å². The van der Waals surface area contributed by atoms with Crippen LogP contribution in [0.25, 0.3) is 0 Å². The molecule has 1 fully saturated rings. The van der Waals surface area contributed by atoms with Crippen LogP contribution in [-0.2, 0) is 6.54 Å². The van der Waals surface area contributed by atoms with E-state index in [1.54, 1.807) is 19.2 Å². The summed E-state index contributed by atoms with van der Waals surface area (Å²) in [5.74, 6) is 1.47. The predicted octanol–water partition coefficient (Wildman–Crippen LogP) is 2.33. The van der Waals surface area contributed by atoms with Gasteiger partial charge in [0, 0.05) is 25.7 Å². The van der Waals surface area contributed by atoms with Crippen LogP contribution in [0.5, 0.6) is 11.5 Å². The van der Waals surface area contributed by atoms with Gasteiger partial charge in [-0.1, -0.05) is 13.0 Å². The minimum absolute atomic E-state index is 0.149. The zero-order valence-corrected chi connectivity index (χ0v) is 15.7. The number of hydrogen-bond donors (Lipinski definition) is 3. The number of aliphatic imine (C=N–C) groups is 1. The van der Waals surface area contributed by atoms with Gasteiger partial charge in [0.05, 0.1) is 13.7 Å². The van der Waals surface area contributed by atoms with Gasteiger partial charge in [-0.05, 0) is 50.4 Å².